The molecule has 1 aromatic heterocycles. The topological polar surface area (TPSA) is 22.1 Å². The van der Waals surface area contributed by atoms with Crippen LogP contribution in [-0.4, -0.2) is 17.7 Å². The number of nitrogens with zero attached hydrogens (tertiary/aromatic N) is 1. The second-order valence-corrected chi connectivity index (χ2v) is 4.22. The highest BCUT2D eigenvalue weighted by Crippen LogP contribution is 2.30. The summed E-state index contributed by atoms with van der Waals surface area (Å²) >= 11 is 0. The molecule has 2 heteroatoms. The van der Waals surface area contributed by atoms with E-state index < -0.39 is 0 Å². The number of ether oxygens (including phenoxy) is 1. The summed E-state index contributed by atoms with van der Waals surface area (Å²) in [5.41, 5.74) is 0.597. The van der Waals surface area contributed by atoms with Gasteiger partial charge in [-0.25, -0.2) is 4.98 Å². The molecule has 0 N–H and O–H groups in total. The van der Waals surface area contributed by atoms with E-state index in [9.17, 15) is 0 Å². The average molecular weight is 215 g/mol. The third-order valence-electron chi connectivity index (χ3n) is 3.14. The Kier molecular flexibility index (Phi) is 3.58. The standard InChI is InChI=1S/C14H17NO/c1-16-14(9-4-2-5-10-14)11-8-13-7-3-6-12-15-13/h3,6-7,12H,2,4-5,9-10H2,1H3. The molecule has 0 aromatic carbocycles. The first-order valence-corrected chi connectivity index (χ1v) is 5.84. The van der Waals surface area contributed by atoms with E-state index in [1.807, 2.05) is 18.2 Å². The molecule has 1 aromatic rings. The van der Waals surface area contributed by atoms with Crippen molar-refractivity contribution < 1.29 is 4.74 Å². The van der Waals surface area contributed by atoms with Crippen LogP contribution in [0.1, 0.15) is 37.8 Å². The quantitative estimate of drug-likeness (QED) is 0.672. The van der Waals surface area contributed by atoms with E-state index in [2.05, 4.69) is 16.8 Å². The van der Waals surface area contributed by atoms with Gasteiger partial charge < -0.3 is 4.74 Å². The van der Waals surface area contributed by atoms with Crippen LogP contribution in [0.5, 0.6) is 0 Å². The highest BCUT2D eigenvalue weighted by atomic mass is 16.5. The fourth-order valence-electron chi connectivity index (χ4n) is 2.12. The molecule has 0 bridgehead atoms. The van der Waals surface area contributed by atoms with Crippen LogP contribution in [0.2, 0.25) is 0 Å². The van der Waals surface area contributed by atoms with Gasteiger partial charge in [0.2, 0.25) is 0 Å². The highest BCUT2D eigenvalue weighted by molar-refractivity contribution is 5.30. The molecule has 0 amide bonds. The van der Waals surface area contributed by atoms with Gasteiger partial charge in [-0.2, -0.15) is 0 Å². The van der Waals surface area contributed by atoms with E-state index in [4.69, 9.17) is 4.74 Å². The summed E-state index contributed by atoms with van der Waals surface area (Å²) in [5, 5.41) is 0. The zero-order chi connectivity index (χ0) is 11.3. The minimum atomic E-state index is -0.226. The Morgan fingerprint density at radius 2 is 2.06 bits per heavy atom. The molecule has 0 spiro atoms. The van der Waals surface area contributed by atoms with Gasteiger partial charge in [0.05, 0.1) is 0 Å². The predicted octanol–water partition coefficient (Wildman–Crippen LogP) is 2.78. The van der Waals surface area contributed by atoms with Crippen molar-refractivity contribution in [1.29, 1.82) is 0 Å². The van der Waals surface area contributed by atoms with Gasteiger partial charge in [0.25, 0.3) is 0 Å². The van der Waals surface area contributed by atoms with Crippen LogP contribution in [0.25, 0.3) is 0 Å². The Morgan fingerprint density at radius 3 is 2.69 bits per heavy atom. The lowest BCUT2D eigenvalue weighted by Crippen LogP contribution is -2.32. The van der Waals surface area contributed by atoms with Crippen LogP contribution in [-0.2, 0) is 4.74 Å². The molecule has 1 heterocycles. The van der Waals surface area contributed by atoms with Crippen molar-refractivity contribution in [3.63, 3.8) is 0 Å². The normalized spacial score (nSPS) is 18.6. The lowest BCUT2D eigenvalue weighted by atomic mass is 9.85. The maximum absolute atomic E-state index is 5.60. The Balaban J connectivity index is 2.15. The maximum Gasteiger partial charge on any atom is 0.128 e. The summed E-state index contributed by atoms with van der Waals surface area (Å²) in [6.45, 7) is 0. The van der Waals surface area contributed by atoms with Gasteiger partial charge in [-0.1, -0.05) is 18.4 Å². The highest BCUT2D eigenvalue weighted by Gasteiger charge is 2.29. The smallest absolute Gasteiger partial charge is 0.128 e. The van der Waals surface area contributed by atoms with Crippen molar-refractivity contribution in [3.8, 4) is 11.8 Å². The first-order chi connectivity index (χ1) is 7.85. The number of pyridine rings is 1. The van der Waals surface area contributed by atoms with E-state index in [1.165, 1.54) is 19.3 Å². The van der Waals surface area contributed by atoms with E-state index in [-0.39, 0.29) is 5.60 Å². The van der Waals surface area contributed by atoms with Gasteiger partial charge in [-0.05, 0) is 43.7 Å². The number of rotatable bonds is 1. The molecular weight excluding hydrogens is 198 g/mol. The fourth-order valence-corrected chi connectivity index (χ4v) is 2.12. The maximum atomic E-state index is 5.60. The Bertz CT molecular complexity index is 382. The Morgan fingerprint density at radius 1 is 1.25 bits per heavy atom. The van der Waals surface area contributed by atoms with Crippen LogP contribution in [0.4, 0.5) is 0 Å². The van der Waals surface area contributed by atoms with Gasteiger partial charge in [0, 0.05) is 13.3 Å². The third-order valence-corrected chi connectivity index (χ3v) is 3.14. The molecule has 1 aliphatic carbocycles. The van der Waals surface area contributed by atoms with Gasteiger partial charge in [0.1, 0.15) is 11.3 Å². The van der Waals surface area contributed by atoms with E-state index in [1.54, 1.807) is 13.3 Å². The molecule has 0 radical (unpaired) electrons. The molecule has 2 rings (SSSR count). The predicted molar refractivity (Wildman–Crippen MR) is 63.9 cm³/mol. The number of hydrogen-bond donors (Lipinski definition) is 0. The third kappa shape index (κ3) is 2.62. The Labute approximate surface area is 97.0 Å². The van der Waals surface area contributed by atoms with E-state index in [0.29, 0.717) is 0 Å². The molecule has 0 saturated heterocycles. The van der Waals surface area contributed by atoms with Gasteiger partial charge in [-0.3, -0.25) is 0 Å². The van der Waals surface area contributed by atoms with Crippen molar-refractivity contribution >= 4 is 0 Å². The summed E-state index contributed by atoms with van der Waals surface area (Å²) in [5.74, 6) is 6.39. The number of hydrogen-bond acceptors (Lipinski definition) is 2. The summed E-state index contributed by atoms with van der Waals surface area (Å²) in [6.07, 6.45) is 7.59. The lowest BCUT2D eigenvalue weighted by molar-refractivity contribution is 0.0104. The zero-order valence-electron chi connectivity index (χ0n) is 9.70. The van der Waals surface area contributed by atoms with Gasteiger partial charge in [0.15, 0.2) is 0 Å². The van der Waals surface area contributed by atoms with E-state index in [0.717, 1.165) is 18.5 Å². The van der Waals surface area contributed by atoms with Gasteiger partial charge >= 0.3 is 0 Å². The van der Waals surface area contributed by atoms with Crippen LogP contribution < -0.4 is 0 Å². The van der Waals surface area contributed by atoms with Crippen molar-refractivity contribution in [2.45, 2.75) is 37.7 Å². The fraction of sp³-hybridized carbons (Fsp3) is 0.500. The number of aromatic nitrogens is 1. The van der Waals surface area contributed by atoms with Crippen LogP contribution in [0.15, 0.2) is 24.4 Å². The largest absolute Gasteiger partial charge is 0.366 e. The molecule has 0 aliphatic heterocycles. The molecular formula is C14H17NO. The minimum absolute atomic E-state index is 0.226. The van der Waals surface area contributed by atoms with Crippen LogP contribution >= 0.6 is 0 Å². The molecule has 1 fully saturated rings. The Hall–Kier alpha value is -1.33. The number of methoxy groups -OCH3 is 1. The van der Waals surface area contributed by atoms with E-state index >= 15 is 0 Å². The second-order valence-electron chi connectivity index (χ2n) is 4.22. The first kappa shape index (κ1) is 11.2. The molecule has 0 unspecified atom stereocenters. The molecule has 0 atom stereocenters. The molecule has 2 nitrogen and oxygen atoms in total. The summed E-state index contributed by atoms with van der Waals surface area (Å²) in [6, 6.07) is 5.79. The lowest BCUT2D eigenvalue weighted by Gasteiger charge is -2.30. The second kappa shape index (κ2) is 5.14. The molecule has 1 saturated carbocycles. The van der Waals surface area contributed by atoms with Crippen molar-refractivity contribution in [1.82, 2.24) is 4.98 Å². The van der Waals surface area contributed by atoms with Crippen LogP contribution in [0, 0.1) is 11.8 Å². The first-order valence-electron chi connectivity index (χ1n) is 5.84. The van der Waals surface area contributed by atoms with Crippen molar-refractivity contribution in [2.75, 3.05) is 7.11 Å². The SMILES string of the molecule is COC1(C#Cc2ccccn2)CCCCC1. The molecule has 16 heavy (non-hydrogen) atoms. The summed E-state index contributed by atoms with van der Waals surface area (Å²) in [7, 11) is 1.76. The summed E-state index contributed by atoms with van der Waals surface area (Å²) in [4.78, 5) is 4.20. The monoisotopic (exact) mass is 215 g/mol. The average Bonchev–Trinajstić information content (AvgIpc) is 2.39. The van der Waals surface area contributed by atoms with Crippen molar-refractivity contribution in [2.24, 2.45) is 0 Å². The molecule has 84 valence electrons. The zero-order valence-corrected chi connectivity index (χ0v) is 9.70. The van der Waals surface area contributed by atoms with Crippen LogP contribution in [0.3, 0.4) is 0 Å². The molecule has 1 aliphatic rings. The van der Waals surface area contributed by atoms with Gasteiger partial charge in [-0.15, -0.1) is 0 Å². The minimum Gasteiger partial charge on any atom is -0.366 e. The van der Waals surface area contributed by atoms with Crippen molar-refractivity contribution in [3.05, 3.63) is 30.1 Å². The summed E-state index contributed by atoms with van der Waals surface area (Å²) < 4.78 is 5.60.